The van der Waals surface area contributed by atoms with Crippen LogP contribution in [0, 0.1) is 0 Å². The van der Waals surface area contributed by atoms with Crippen molar-refractivity contribution in [1.29, 1.82) is 0 Å². The largest absolute Gasteiger partial charge is 0.508 e. The van der Waals surface area contributed by atoms with E-state index >= 15 is 0 Å². The first-order valence-corrected chi connectivity index (χ1v) is 6.57. The van der Waals surface area contributed by atoms with Crippen LogP contribution < -0.4 is 10.6 Å². The number of benzene rings is 1. The van der Waals surface area contributed by atoms with Crippen LogP contribution in [0.5, 0.6) is 5.75 Å². The molecule has 0 atom stereocenters. The van der Waals surface area contributed by atoms with E-state index in [-0.39, 0.29) is 5.75 Å². The van der Waals surface area contributed by atoms with E-state index < -0.39 is 11.8 Å². The highest BCUT2D eigenvalue weighted by atomic mass is 35.5. The smallest absolute Gasteiger partial charge is 0.309 e. The number of hydrogen-bond donors (Lipinski definition) is 3. The van der Waals surface area contributed by atoms with Crippen molar-refractivity contribution in [3.8, 4) is 5.75 Å². The van der Waals surface area contributed by atoms with Crippen LogP contribution in [0.15, 0.2) is 24.3 Å². The van der Waals surface area contributed by atoms with E-state index in [0.717, 1.165) is 5.56 Å². The number of phenolic OH excluding ortho intramolecular Hbond substituents is 1. The number of halogens is 1. The molecule has 0 saturated carbocycles. The van der Waals surface area contributed by atoms with Crippen LogP contribution in [0.3, 0.4) is 0 Å². The zero-order valence-corrected chi connectivity index (χ0v) is 11.2. The van der Waals surface area contributed by atoms with Gasteiger partial charge in [0.25, 0.3) is 0 Å². The van der Waals surface area contributed by atoms with E-state index in [2.05, 4.69) is 10.6 Å². The van der Waals surface area contributed by atoms with Crippen molar-refractivity contribution in [1.82, 2.24) is 10.6 Å². The fraction of sp³-hybridized carbons (Fsp3) is 0.385. The molecule has 6 heteroatoms. The highest BCUT2D eigenvalue weighted by molar-refractivity contribution is 6.35. The SMILES string of the molecule is O=C(NCCCCl)C(=O)NCCc1ccc(O)cc1. The highest BCUT2D eigenvalue weighted by Crippen LogP contribution is 2.09. The molecule has 19 heavy (non-hydrogen) atoms. The number of amides is 2. The Morgan fingerprint density at radius 3 is 2.21 bits per heavy atom. The highest BCUT2D eigenvalue weighted by Gasteiger charge is 2.11. The molecule has 0 unspecified atom stereocenters. The number of phenols is 1. The molecule has 0 aliphatic carbocycles. The number of rotatable bonds is 6. The summed E-state index contributed by atoms with van der Waals surface area (Å²) in [6.45, 7) is 0.764. The molecule has 1 aromatic carbocycles. The van der Waals surface area contributed by atoms with Gasteiger partial charge in [-0.25, -0.2) is 0 Å². The van der Waals surface area contributed by atoms with Crippen molar-refractivity contribution >= 4 is 23.4 Å². The summed E-state index contributed by atoms with van der Waals surface area (Å²) in [4.78, 5) is 22.7. The van der Waals surface area contributed by atoms with Gasteiger partial charge in [-0.3, -0.25) is 9.59 Å². The van der Waals surface area contributed by atoms with Gasteiger partial charge in [0.05, 0.1) is 0 Å². The van der Waals surface area contributed by atoms with Crippen molar-refractivity contribution in [3.05, 3.63) is 29.8 Å². The Bertz CT molecular complexity index is 420. The monoisotopic (exact) mass is 284 g/mol. The molecule has 1 rings (SSSR count). The minimum Gasteiger partial charge on any atom is -0.508 e. The average Bonchev–Trinajstić information content (AvgIpc) is 2.41. The summed E-state index contributed by atoms with van der Waals surface area (Å²) in [5.41, 5.74) is 0.973. The van der Waals surface area contributed by atoms with Gasteiger partial charge in [-0.2, -0.15) is 0 Å². The van der Waals surface area contributed by atoms with Gasteiger partial charge >= 0.3 is 11.8 Å². The zero-order valence-electron chi connectivity index (χ0n) is 10.5. The Kier molecular flexibility index (Phi) is 6.74. The van der Waals surface area contributed by atoms with E-state index in [9.17, 15) is 9.59 Å². The summed E-state index contributed by atoms with van der Waals surface area (Å²) < 4.78 is 0. The molecule has 2 amide bonds. The van der Waals surface area contributed by atoms with Gasteiger partial charge in [0.15, 0.2) is 0 Å². The van der Waals surface area contributed by atoms with E-state index in [0.29, 0.717) is 31.8 Å². The number of carbonyl (C=O) groups is 2. The van der Waals surface area contributed by atoms with Gasteiger partial charge in [-0.05, 0) is 30.5 Å². The van der Waals surface area contributed by atoms with Crippen molar-refractivity contribution in [2.24, 2.45) is 0 Å². The van der Waals surface area contributed by atoms with Gasteiger partial charge in [-0.1, -0.05) is 12.1 Å². The fourth-order valence-corrected chi connectivity index (χ4v) is 1.55. The Balaban J connectivity index is 2.23. The lowest BCUT2D eigenvalue weighted by molar-refractivity contribution is -0.139. The second kappa shape index (κ2) is 8.37. The summed E-state index contributed by atoms with van der Waals surface area (Å²) in [6.07, 6.45) is 1.23. The quantitative estimate of drug-likeness (QED) is 0.411. The van der Waals surface area contributed by atoms with Crippen molar-refractivity contribution in [3.63, 3.8) is 0 Å². The molecule has 1 aromatic rings. The summed E-state index contributed by atoms with van der Waals surface area (Å²) >= 11 is 5.46. The number of nitrogens with one attached hydrogen (secondary N) is 2. The molecule has 0 bridgehead atoms. The Hall–Kier alpha value is -1.75. The number of aromatic hydroxyl groups is 1. The van der Waals surface area contributed by atoms with Crippen LogP contribution in [-0.4, -0.2) is 35.9 Å². The normalized spacial score (nSPS) is 9.95. The van der Waals surface area contributed by atoms with Gasteiger partial charge in [0.2, 0.25) is 0 Å². The van der Waals surface area contributed by atoms with E-state index in [1.54, 1.807) is 24.3 Å². The molecule has 5 nitrogen and oxygen atoms in total. The minimum atomic E-state index is -0.645. The summed E-state index contributed by atoms with van der Waals surface area (Å²) in [5, 5.41) is 14.1. The summed E-state index contributed by atoms with van der Waals surface area (Å²) in [5.74, 6) is -0.640. The molecule has 0 aromatic heterocycles. The number of hydrogen-bond acceptors (Lipinski definition) is 3. The van der Waals surface area contributed by atoms with Crippen molar-refractivity contribution < 1.29 is 14.7 Å². The second-order valence-corrected chi connectivity index (χ2v) is 4.35. The number of carbonyl (C=O) groups excluding carboxylic acids is 2. The van der Waals surface area contributed by atoms with Crippen LogP contribution in [0.4, 0.5) is 0 Å². The Morgan fingerprint density at radius 1 is 1.05 bits per heavy atom. The zero-order chi connectivity index (χ0) is 14.1. The molecule has 0 fully saturated rings. The molecule has 0 radical (unpaired) electrons. The molecule has 0 saturated heterocycles. The molecule has 0 aliphatic heterocycles. The van der Waals surface area contributed by atoms with Gasteiger partial charge < -0.3 is 15.7 Å². The molecule has 104 valence electrons. The summed E-state index contributed by atoms with van der Waals surface area (Å²) in [6, 6.07) is 6.69. The topological polar surface area (TPSA) is 78.4 Å². The van der Waals surface area contributed by atoms with Gasteiger partial charge in [0.1, 0.15) is 5.75 Å². The lowest BCUT2D eigenvalue weighted by atomic mass is 10.1. The van der Waals surface area contributed by atoms with Crippen LogP contribution in [0.25, 0.3) is 0 Å². The maximum absolute atomic E-state index is 11.4. The van der Waals surface area contributed by atoms with Crippen LogP contribution in [-0.2, 0) is 16.0 Å². The van der Waals surface area contributed by atoms with Gasteiger partial charge in [0, 0.05) is 19.0 Å². The Morgan fingerprint density at radius 2 is 1.63 bits per heavy atom. The molecule has 3 N–H and O–H groups in total. The first-order valence-electron chi connectivity index (χ1n) is 6.03. The van der Waals surface area contributed by atoms with Crippen LogP contribution >= 0.6 is 11.6 Å². The van der Waals surface area contributed by atoms with E-state index in [1.165, 1.54) is 0 Å². The fourth-order valence-electron chi connectivity index (χ4n) is 1.41. The summed E-state index contributed by atoms with van der Waals surface area (Å²) in [7, 11) is 0. The van der Waals surface area contributed by atoms with Crippen LogP contribution in [0.2, 0.25) is 0 Å². The van der Waals surface area contributed by atoms with E-state index in [4.69, 9.17) is 16.7 Å². The first-order chi connectivity index (χ1) is 9.13. The van der Waals surface area contributed by atoms with Crippen molar-refractivity contribution in [2.45, 2.75) is 12.8 Å². The average molecular weight is 285 g/mol. The third-order valence-corrected chi connectivity index (χ3v) is 2.71. The molecule has 0 aliphatic rings. The maximum atomic E-state index is 11.4. The number of alkyl halides is 1. The lowest BCUT2D eigenvalue weighted by Crippen LogP contribution is -2.41. The minimum absolute atomic E-state index is 0.200. The third-order valence-electron chi connectivity index (χ3n) is 2.44. The third kappa shape index (κ3) is 6.10. The Labute approximate surface area is 117 Å². The lowest BCUT2D eigenvalue weighted by Gasteiger charge is -2.06. The predicted molar refractivity (Wildman–Crippen MR) is 73.2 cm³/mol. The molecular weight excluding hydrogens is 268 g/mol. The first kappa shape index (κ1) is 15.3. The van der Waals surface area contributed by atoms with Crippen LogP contribution in [0.1, 0.15) is 12.0 Å². The standard InChI is InChI=1S/C13H17ClN2O3/c14-7-1-8-15-12(18)13(19)16-9-6-10-2-4-11(17)5-3-10/h2-5,17H,1,6-9H2,(H,15,18)(H,16,19). The second-order valence-electron chi connectivity index (χ2n) is 3.97. The maximum Gasteiger partial charge on any atom is 0.309 e. The van der Waals surface area contributed by atoms with E-state index in [1.807, 2.05) is 0 Å². The predicted octanol–water partition coefficient (Wildman–Crippen LogP) is 0.796. The van der Waals surface area contributed by atoms with Gasteiger partial charge in [-0.15, -0.1) is 11.6 Å². The molecule has 0 heterocycles. The molecule has 0 spiro atoms. The molecular formula is C13H17ClN2O3. The van der Waals surface area contributed by atoms with Crippen molar-refractivity contribution in [2.75, 3.05) is 19.0 Å².